The molecule has 2 aliphatic rings. The number of fused-ring (bicyclic) bond motifs is 4. The highest BCUT2D eigenvalue weighted by Gasteiger charge is 2.65. The molecule has 1 heterocycles. The van der Waals surface area contributed by atoms with Gasteiger partial charge in [0.15, 0.2) is 17.2 Å². The fourth-order valence-electron chi connectivity index (χ4n) is 4.45. The lowest BCUT2D eigenvalue weighted by Crippen LogP contribution is -2.42. The molecule has 1 fully saturated rings. The predicted octanol–water partition coefficient (Wildman–Crippen LogP) is 4.31. The Morgan fingerprint density at radius 2 is 1.59 bits per heavy atom. The van der Waals surface area contributed by atoms with Crippen LogP contribution in [0.15, 0.2) is 0 Å². The van der Waals surface area contributed by atoms with Crippen molar-refractivity contribution in [3.63, 3.8) is 0 Å². The first-order valence-corrected chi connectivity index (χ1v) is 9.23. The summed E-state index contributed by atoms with van der Waals surface area (Å²) < 4.78 is 23.1. The molecule has 1 aliphatic heterocycles. The molecule has 1 saturated carbocycles. The summed E-state index contributed by atoms with van der Waals surface area (Å²) in [5.74, 6) is -0.980. The molecule has 7 heteroatoms. The second-order valence-corrected chi connectivity index (χ2v) is 8.65. The summed E-state index contributed by atoms with van der Waals surface area (Å²) in [6.07, 6.45) is 1.18. The number of hydrogen-bond donors (Lipinski definition) is 0. The first-order valence-electron chi connectivity index (χ1n) is 8.85. The van der Waals surface area contributed by atoms with Crippen LogP contribution in [-0.4, -0.2) is 24.8 Å². The van der Waals surface area contributed by atoms with Gasteiger partial charge in [-0.3, -0.25) is 9.59 Å². The highest BCUT2D eigenvalue weighted by molar-refractivity contribution is 6.33. The molecule has 0 spiro atoms. The van der Waals surface area contributed by atoms with Gasteiger partial charge in [0.2, 0.25) is 5.79 Å². The second kappa shape index (κ2) is 6.11. The van der Waals surface area contributed by atoms with Gasteiger partial charge in [0.1, 0.15) is 0 Å². The number of esters is 2. The van der Waals surface area contributed by atoms with Crippen LogP contribution in [-0.2, 0) is 19.7 Å². The van der Waals surface area contributed by atoms with Crippen molar-refractivity contribution in [3.8, 4) is 17.2 Å². The minimum Gasteiger partial charge on any atom is -0.458 e. The maximum Gasteiger partial charge on any atom is 0.308 e. The third-order valence-electron chi connectivity index (χ3n) is 6.06. The quantitative estimate of drug-likeness (QED) is 0.560. The van der Waals surface area contributed by atoms with Crippen LogP contribution in [0.25, 0.3) is 0 Å². The van der Waals surface area contributed by atoms with Crippen molar-refractivity contribution < 1.29 is 28.5 Å². The lowest BCUT2D eigenvalue weighted by Gasteiger charge is -2.43. The van der Waals surface area contributed by atoms with Crippen LogP contribution in [0.2, 0.25) is 5.02 Å². The fraction of sp³-hybridized carbons (Fsp3) is 0.600. The van der Waals surface area contributed by atoms with Gasteiger partial charge in [-0.2, -0.15) is 0 Å². The Bertz CT molecular complexity index is 846. The number of carbonyl (C=O) groups excluding carboxylic acids is 2. The normalized spacial score (nSPS) is 27.6. The SMILES string of the molecule is COC12CC(C)(C)C(C)(C1)c1c(OC(C)=O)c(Cl)c(C)c(OC(C)=O)c1O2. The highest BCUT2D eigenvalue weighted by atomic mass is 35.5. The van der Waals surface area contributed by atoms with Gasteiger partial charge in [0.05, 0.1) is 5.02 Å². The Morgan fingerprint density at radius 3 is 2.11 bits per heavy atom. The molecule has 0 amide bonds. The topological polar surface area (TPSA) is 71.1 Å². The number of rotatable bonds is 3. The van der Waals surface area contributed by atoms with Crippen LogP contribution in [0.1, 0.15) is 58.6 Å². The maximum atomic E-state index is 11.8. The van der Waals surface area contributed by atoms with Gasteiger partial charge < -0.3 is 18.9 Å². The molecule has 1 aromatic rings. The Hall–Kier alpha value is -1.79. The number of ether oxygens (including phenoxy) is 4. The van der Waals surface area contributed by atoms with Gasteiger partial charge in [-0.25, -0.2) is 0 Å². The summed E-state index contributed by atoms with van der Waals surface area (Å²) in [5, 5.41) is 0.234. The standard InChI is InChI=1S/C20H25ClO6/c1-10-14(21)16(26-12(3)23)13-17(15(10)25-11(2)22)27-20(24-7)8-18(4,5)19(13,6)9-20/h8-9H2,1-7H3. The Balaban J connectivity index is 2.41. The van der Waals surface area contributed by atoms with Gasteiger partial charge >= 0.3 is 11.9 Å². The van der Waals surface area contributed by atoms with Crippen LogP contribution in [0.5, 0.6) is 17.2 Å². The van der Waals surface area contributed by atoms with Gasteiger partial charge in [0, 0.05) is 50.3 Å². The molecule has 2 bridgehead atoms. The van der Waals surface area contributed by atoms with E-state index >= 15 is 0 Å². The Morgan fingerprint density at radius 1 is 1.04 bits per heavy atom. The monoisotopic (exact) mass is 396 g/mol. The average Bonchev–Trinajstić information content (AvgIpc) is 2.70. The largest absolute Gasteiger partial charge is 0.458 e. The van der Waals surface area contributed by atoms with Crippen molar-refractivity contribution in [1.29, 1.82) is 0 Å². The molecule has 6 nitrogen and oxygen atoms in total. The predicted molar refractivity (Wildman–Crippen MR) is 99.5 cm³/mol. The number of benzene rings is 1. The summed E-state index contributed by atoms with van der Waals surface area (Å²) in [6.45, 7) is 10.6. The highest BCUT2D eigenvalue weighted by Crippen LogP contribution is 2.68. The van der Waals surface area contributed by atoms with Crippen LogP contribution in [0, 0.1) is 12.3 Å². The molecule has 0 radical (unpaired) electrons. The van der Waals surface area contributed by atoms with Crippen LogP contribution in [0.4, 0.5) is 0 Å². The molecule has 0 N–H and O–H groups in total. The number of halogens is 1. The summed E-state index contributed by atoms with van der Waals surface area (Å²) in [5.41, 5.74) is 0.374. The zero-order valence-electron chi connectivity index (χ0n) is 16.7. The third-order valence-corrected chi connectivity index (χ3v) is 6.52. The lowest BCUT2D eigenvalue weighted by molar-refractivity contribution is -0.170. The zero-order valence-corrected chi connectivity index (χ0v) is 17.5. The van der Waals surface area contributed by atoms with Crippen LogP contribution >= 0.6 is 11.6 Å². The van der Waals surface area contributed by atoms with Crippen molar-refractivity contribution in [2.24, 2.45) is 5.41 Å². The van der Waals surface area contributed by atoms with Crippen LogP contribution < -0.4 is 14.2 Å². The maximum absolute atomic E-state index is 11.8. The van der Waals surface area contributed by atoms with E-state index in [1.54, 1.807) is 14.0 Å². The second-order valence-electron chi connectivity index (χ2n) is 8.28. The molecule has 0 aromatic heterocycles. The van der Waals surface area contributed by atoms with E-state index in [1.165, 1.54) is 13.8 Å². The Labute approximate surface area is 164 Å². The lowest BCUT2D eigenvalue weighted by atomic mass is 9.64. The number of hydrogen-bond acceptors (Lipinski definition) is 6. The van der Waals surface area contributed by atoms with E-state index in [0.29, 0.717) is 29.7 Å². The molecule has 3 rings (SSSR count). The molecule has 1 aromatic carbocycles. The van der Waals surface area contributed by atoms with Crippen molar-refractivity contribution in [3.05, 3.63) is 16.1 Å². The summed E-state index contributed by atoms with van der Waals surface area (Å²) in [6, 6.07) is 0. The molecule has 2 atom stereocenters. The van der Waals surface area contributed by atoms with E-state index in [4.69, 9.17) is 30.5 Å². The van der Waals surface area contributed by atoms with Crippen molar-refractivity contribution in [1.82, 2.24) is 0 Å². The zero-order chi connectivity index (χ0) is 20.4. The summed E-state index contributed by atoms with van der Waals surface area (Å²) in [4.78, 5) is 23.5. The van der Waals surface area contributed by atoms with Gasteiger partial charge in [-0.1, -0.05) is 32.4 Å². The first-order chi connectivity index (χ1) is 12.4. The van der Waals surface area contributed by atoms with E-state index < -0.39 is 23.1 Å². The smallest absolute Gasteiger partial charge is 0.308 e. The van der Waals surface area contributed by atoms with Crippen molar-refractivity contribution >= 4 is 23.5 Å². The van der Waals surface area contributed by atoms with Crippen LogP contribution in [0.3, 0.4) is 0 Å². The molecule has 148 valence electrons. The van der Waals surface area contributed by atoms with E-state index in [-0.39, 0.29) is 21.9 Å². The van der Waals surface area contributed by atoms with E-state index in [2.05, 4.69) is 20.8 Å². The van der Waals surface area contributed by atoms with Gasteiger partial charge in [0.25, 0.3) is 0 Å². The molecule has 1 aliphatic carbocycles. The summed E-state index contributed by atoms with van der Waals surface area (Å²) >= 11 is 6.57. The first kappa shape index (κ1) is 20.0. The third kappa shape index (κ3) is 2.81. The number of carbonyl (C=O) groups is 2. The molecular formula is C20H25ClO6. The van der Waals surface area contributed by atoms with Gasteiger partial charge in [-0.05, 0) is 12.3 Å². The molecule has 0 saturated heterocycles. The van der Waals surface area contributed by atoms with E-state index in [0.717, 1.165) is 0 Å². The van der Waals surface area contributed by atoms with Crippen molar-refractivity contribution in [2.75, 3.05) is 7.11 Å². The molecule has 2 unspecified atom stereocenters. The minimum absolute atomic E-state index is 0.234. The molecule has 27 heavy (non-hydrogen) atoms. The van der Waals surface area contributed by atoms with E-state index in [1.807, 2.05) is 0 Å². The van der Waals surface area contributed by atoms with Gasteiger partial charge in [-0.15, -0.1) is 0 Å². The van der Waals surface area contributed by atoms with E-state index in [9.17, 15) is 9.59 Å². The minimum atomic E-state index is -0.853. The molecular weight excluding hydrogens is 372 g/mol. The average molecular weight is 397 g/mol. The number of methoxy groups -OCH3 is 1. The van der Waals surface area contributed by atoms with Crippen molar-refractivity contribution in [2.45, 2.75) is 65.6 Å². The summed E-state index contributed by atoms with van der Waals surface area (Å²) in [7, 11) is 1.61. The fourth-order valence-corrected chi connectivity index (χ4v) is 4.67. The Kier molecular flexibility index (Phi) is 4.51.